The van der Waals surface area contributed by atoms with Crippen LogP contribution in [-0.2, 0) is 4.74 Å². The van der Waals surface area contributed by atoms with Gasteiger partial charge in [0.1, 0.15) is 11.5 Å². The largest absolute Gasteiger partial charge is 0.493 e. The van der Waals surface area contributed by atoms with Crippen LogP contribution in [0.5, 0.6) is 11.5 Å². The normalized spacial score (nSPS) is 10.2. The third-order valence-corrected chi connectivity index (χ3v) is 3.48. The summed E-state index contributed by atoms with van der Waals surface area (Å²) in [6.45, 7) is 4.33. The van der Waals surface area contributed by atoms with Gasteiger partial charge in [-0.3, -0.25) is 0 Å². The van der Waals surface area contributed by atoms with E-state index in [1.165, 1.54) is 19.2 Å². The van der Waals surface area contributed by atoms with Crippen molar-refractivity contribution in [1.29, 1.82) is 0 Å². The van der Waals surface area contributed by atoms with E-state index in [2.05, 4.69) is 0 Å². The van der Waals surface area contributed by atoms with Crippen LogP contribution in [0, 0.1) is 0 Å². The third-order valence-electron chi connectivity index (χ3n) is 3.48. The first-order valence-electron chi connectivity index (χ1n) is 7.87. The van der Waals surface area contributed by atoms with Crippen LogP contribution in [0.1, 0.15) is 34.6 Å². The van der Waals surface area contributed by atoms with Crippen LogP contribution in [0.25, 0.3) is 11.1 Å². The molecule has 0 atom stereocenters. The Balaban J connectivity index is 2.69. The van der Waals surface area contributed by atoms with Crippen LogP contribution >= 0.6 is 0 Å². The molecule has 1 N–H and O–H groups in total. The predicted molar refractivity (Wildman–Crippen MR) is 92.5 cm³/mol. The van der Waals surface area contributed by atoms with Crippen LogP contribution in [0.4, 0.5) is 0 Å². The van der Waals surface area contributed by atoms with E-state index in [0.717, 1.165) is 0 Å². The van der Waals surface area contributed by atoms with Crippen LogP contribution < -0.4 is 9.47 Å². The summed E-state index contributed by atoms with van der Waals surface area (Å²) < 4.78 is 16.0. The molecular formula is C19H20O6. The molecule has 0 amide bonds. The second kappa shape index (κ2) is 8.19. The number of carbonyl (C=O) groups is 2. The molecule has 0 radical (unpaired) electrons. The summed E-state index contributed by atoms with van der Waals surface area (Å²) in [6.07, 6.45) is 0. The van der Waals surface area contributed by atoms with Gasteiger partial charge in [0.05, 0.1) is 37.0 Å². The highest BCUT2D eigenvalue weighted by atomic mass is 16.5. The fourth-order valence-electron chi connectivity index (χ4n) is 2.46. The van der Waals surface area contributed by atoms with Gasteiger partial charge < -0.3 is 19.3 Å². The highest BCUT2D eigenvalue weighted by Gasteiger charge is 2.19. The number of carboxylic acid groups (broad SMARTS) is 1. The standard InChI is InChI=1S/C19H20O6/c1-4-24-15-10-14(18(20)21)11-16(25-5-2)17(15)12-7-6-8-13(9-12)19(22)23-3/h6-11H,4-5H2,1-3H3,(H,20,21). The molecule has 0 spiro atoms. The van der Waals surface area contributed by atoms with Gasteiger partial charge in [0.15, 0.2) is 0 Å². The van der Waals surface area contributed by atoms with Crippen LogP contribution in [0.15, 0.2) is 36.4 Å². The number of esters is 1. The van der Waals surface area contributed by atoms with Gasteiger partial charge in [0, 0.05) is 0 Å². The minimum Gasteiger partial charge on any atom is -0.493 e. The van der Waals surface area contributed by atoms with Crippen molar-refractivity contribution in [3.63, 3.8) is 0 Å². The first kappa shape index (κ1) is 18.3. The average Bonchev–Trinajstić information content (AvgIpc) is 2.61. The maximum Gasteiger partial charge on any atom is 0.337 e. The molecular weight excluding hydrogens is 324 g/mol. The molecule has 0 aliphatic carbocycles. The molecule has 0 saturated carbocycles. The van der Waals surface area contributed by atoms with Crippen molar-refractivity contribution in [1.82, 2.24) is 0 Å². The lowest BCUT2D eigenvalue weighted by Gasteiger charge is -2.17. The number of methoxy groups -OCH3 is 1. The summed E-state index contributed by atoms with van der Waals surface area (Å²) in [4.78, 5) is 23.2. The van der Waals surface area contributed by atoms with Gasteiger partial charge in [0.25, 0.3) is 0 Å². The zero-order valence-electron chi connectivity index (χ0n) is 14.4. The number of rotatable bonds is 7. The van der Waals surface area contributed by atoms with E-state index in [1.807, 2.05) is 13.8 Å². The summed E-state index contributed by atoms with van der Waals surface area (Å²) >= 11 is 0. The minimum atomic E-state index is -1.07. The molecule has 0 aliphatic rings. The lowest BCUT2D eigenvalue weighted by molar-refractivity contribution is 0.0600. The number of carbonyl (C=O) groups excluding carboxylic acids is 1. The Bertz CT molecular complexity index is 754. The molecule has 25 heavy (non-hydrogen) atoms. The smallest absolute Gasteiger partial charge is 0.337 e. The molecule has 0 fully saturated rings. The molecule has 6 heteroatoms. The van der Waals surface area contributed by atoms with E-state index in [4.69, 9.17) is 14.2 Å². The van der Waals surface area contributed by atoms with E-state index in [9.17, 15) is 14.7 Å². The number of hydrogen-bond donors (Lipinski definition) is 1. The fraction of sp³-hybridized carbons (Fsp3) is 0.263. The summed E-state index contributed by atoms with van der Waals surface area (Å²) in [5.41, 5.74) is 1.72. The molecule has 0 heterocycles. The fourth-order valence-corrected chi connectivity index (χ4v) is 2.46. The molecule has 2 rings (SSSR count). The monoisotopic (exact) mass is 344 g/mol. The Labute approximate surface area is 146 Å². The second-order valence-electron chi connectivity index (χ2n) is 5.09. The molecule has 132 valence electrons. The molecule has 2 aromatic carbocycles. The van der Waals surface area contributed by atoms with Crippen molar-refractivity contribution in [2.45, 2.75) is 13.8 Å². The van der Waals surface area contributed by atoms with E-state index < -0.39 is 11.9 Å². The maximum absolute atomic E-state index is 11.8. The maximum atomic E-state index is 11.8. The summed E-state index contributed by atoms with van der Waals surface area (Å²) in [7, 11) is 1.31. The van der Waals surface area contributed by atoms with Gasteiger partial charge in [-0.25, -0.2) is 9.59 Å². The number of ether oxygens (including phenoxy) is 3. The van der Waals surface area contributed by atoms with E-state index in [-0.39, 0.29) is 5.56 Å². The highest BCUT2D eigenvalue weighted by molar-refractivity contribution is 5.94. The quantitative estimate of drug-likeness (QED) is 0.772. The van der Waals surface area contributed by atoms with Crippen molar-refractivity contribution < 1.29 is 28.9 Å². The first-order chi connectivity index (χ1) is 12.0. The minimum absolute atomic E-state index is 0.0692. The van der Waals surface area contributed by atoms with Gasteiger partial charge >= 0.3 is 11.9 Å². The third kappa shape index (κ3) is 4.09. The SMILES string of the molecule is CCOc1cc(C(=O)O)cc(OCC)c1-c1cccc(C(=O)OC)c1. The van der Waals surface area contributed by atoms with Gasteiger partial charge in [-0.2, -0.15) is 0 Å². The molecule has 0 aromatic heterocycles. The van der Waals surface area contributed by atoms with Crippen LogP contribution in [0.2, 0.25) is 0 Å². The molecule has 2 aromatic rings. The summed E-state index contributed by atoms with van der Waals surface area (Å²) in [5, 5.41) is 9.31. The molecule has 0 unspecified atom stereocenters. The number of benzene rings is 2. The molecule has 0 saturated heterocycles. The van der Waals surface area contributed by atoms with Crippen molar-refractivity contribution in [3.05, 3.63) is 47.5 Å². The molecule has 0 aliphatic heterocycles. The summed E-state index contributed by atoms with van der Waals surface area (Å²) in [6, 6.07) is 9.72. The zero-order chi connectivity index (χ0) is 18.4. The van der Waals surface area contributed by atoms with Crippen molar-refractivity contribution in [2.75, 3.05) is 20.3 Å². The molecule has 6 nitrogen and oxygen atoms in total. The van der Waals surface area contributed by atoms with E-state index in [0.29, 0.717) is 41.4 Å². The Morgan fingerprint density at radius 2 is 1.56 bits per heavy atom. The lowest BCUT2D eigenvalue weighted by atomic mass is 9.99. The van der Waals surface area contributed by atoms with Gasteiger partial charge in [-0.05, 0) is 43.7 Å². The van der Waals surface area contributed by atoms with Crippen LogP contribution in [-0.4, -0.2) is 37.4 Å². The second-order valence-corrected chi connectivity index (χ2v) is 5.09. The first-order valence-corrected chi connectivity index (χ1v) is 7.87. The summed E-state index contributed by atoms with van der Waals surface area (Å²) in [5.74, 6) is -0.766. The number of aromatic carboxylic acids is 1. The van der Waals surface area contributed by atoms with Gasteiger partial charge in [0.2, 0.25) is 0 Å². The Kier molecular flexibility index (Phi) is 6.00. The molecule has 0 bridgehead atoms. The average molecular weight is 344 g/mol. The van der Waals surface area contributed by atoms with Crippen LogP contribution in [0.3, 0.4) is 0 Å². The number of hydrogen-bond acceptors (Lipinski definition) is 5. The topological polar surface area (TPSA) is 82.1 Å². The zero-order valence-corrected chi connectivity index (χ0v) is 14.4. The van der Waals surface area contributed by atoms with Crippen molar-refractivity contribution in [2.24, 2.45) is 0 Å². The van der Waals surface area contributed by atoms with E-state index >= 15 is 0 Å². The Morgan fingerprint density at radius 3 is 2.04 bits per heavy atom. The highest BCUT2D eigenvalue weighted by Crippen LogP contribution is 2.40. The predicted octanol–water partition coefficient (Wildman–Crippen LogP) is 3.64. The van der Waals surface area contributed by atoms with E-state index in [1.54, 1.807) is 24.3 Å². The number of carboxylic acids is 1. The Morgan fingerprint density at radius 1 is 0.960 bits per heavy atom. The van der Waals surface area contributed by atoms with Gasteiger partial charge in [-0.15, -0.1) is 0 Å². The Hall–Kier alpha value is -3.02. The van der Waals surface area contributed by atoms with Gasteiger partial charge in [-0.1, -0.05) is 12.1 Å². The van der Waals surface area contributed by atoms with Crippen molar-refractivity contribution in [3.8, 4) is 22.6 Å². The lowest BCUT2D eigenvalue weighted by Crippen LogP contribution is -2.05. The van der Waals surface area contributed by atoms with Crippen molar-refractivity contribution >= 4 is 11.9 Å².